The Kier molecular flexibility index (Phi) is 5.26. The molecule has 1 N–H and O–H groups in total. The van der Waals surface area contributed by atoms with Crippen LogP contribution in [0.25, 0.3) is 0 Å². The van der Waals surface area contributed by atoms with Gasteiger partial charge in [0.2, 0.25) is 5.91 Å². The molecule has 2 atom stereocenters. The number of thioether (sulfide) groups is 1. The lowest BCUT2D eigenvalue weighted by Crippen LogP contribution is -2.48. The summed E-state index contributed by atoms with van der Waals surface area (Å²) >= 11 is 1.56. The Morgan fingerprint density at radius 2 is 2.17 bits per heavy atom. The Balaban J connectivity index is 2.71. The van der Waals surface area contributed by atoms with Gasteiger partial charge in [0.25, 0.3) is 0 Å². The maximum absolute atomic E-state index is 12.0. The van der Waals surface area contributed by atoms with Gasteiger partial charge in [-0.1, -0.05) is 20.8 Å². The lowest BCUT2D eigenvalue weighted by atomic mass is 9.86. The number of nitrogens with zero attached hydrogens (tertiary/aromatic N) is 2. The molecule has 18 heavy (non-hydrogen) atoms. The standard InChI is InChI=1S/C13H23N3OS/c1-10(18-5)12(17)15-11(13(2,3)4)8-16-7-6-14-9-16/h6-7,9-11H,8H2,1-5H3,(H,15,17)/t10-,11+/m1/s1. The summed E-state index contributed by atoms with van der Waals surface area (Å²) in [4.78, 5) is 16.0. The highest BCUT2D eigenvalue weighted by Crippen LogP contribution is 2.21. The van der Waals surface area contributed by atoms with Gasteiger partial charge in [-0.05, 0) is 18.6 Å². The Bertz CT molecular complexity index is 370. The molecule has 0 saturated heterocycles. The third-order valence-electron chi connectivity index (χ3n) is 3.04. The Morgan fingerprint density at radius 1 is 1.50 bits per heavy atom. The van der Waals surface area contributed by atoms with Crippen LogP contribution in [0.15, 0.2) is 18.7 Å². The summed E-state index contributed by atoms with van der Waals surface area (Å²) < 4.78 is 2.00. The highest BCUT2D eigenvalue weighted by atomic mass is 32.2. The largest absolute Gasteiger partial charge is 0.350 e. The summed E-state index contributed by atoms with van der Waals surface area (Å²) in [6.45, 7) is 9.09. The molecule has 0 aliphatic rings. The molecular formula is C13H23N3OS. The van der Waals surface area contributed by atoms with Crippen molar-refractivity contribution in [2.75, 3.05) is 6.26 Å². The van der Waals surface area contributed by atoms with E-state index in [1.54, 1.807) is 24.3 Å². The van der Waals surface area contributed by atoms with Gasteiger partial charge in [-0.15, -0.1) is 0 Å². The lowest BCUT2D eigenvalue weighted by Gasteiger charge is -2.32. The van der Waals surface area contributed by atoms with Crippen LogP contribution in [-0.2, 0) is 11.3 Å². The lowest BCUT2D eigenvalue weighted by molar-refractivity contribution is -0.121. The van der Waals surface area contributed by atoms with E-state index >= 15 is 0 Å². The number of rotatable bonds is 5. The number of carbonyl (C=O) groups excluding carboxylic acids is 1. The number of imidazole rings is 1. The number of hydrogen-bond donors (Lipinski definition) is 1. The molecule has 1 aromatic rings. The Morgan fingerprint density at radius 3 is 2.61 bits per heavy atom. The van der Waals surface area contributed by atoms with Crippen molar-refractivity contribution in [2.45, 2.75) is 45.5 Å². The smallest absolute Gasteiger partial charge is 0.233 e. The average Bonchev–Trinajstić information content (AvgIpc) is 2.78. The summed E-state index contributed by atoms with van der Waals surface area (Å²) in [6, 6.07) is 0.0915. The second-order valence-electron chi connectivity index (χ2n) is 5.56. The van der Waals surface area contributed by atoms with Crippen molar-refractivity contribution in [3.63, 3.8) is 0 Å². The molecular weight excluding hydrogens is 246 g/mol. The van der Waals surface area contributed by atoms with E-state index in [1.165, 1.54) is 0 Å². The van der Waals surface area contributed by atoms with E-state index in [9.17, 15) is 4.79 Å². The molecule has 0 aromatic carbocycles. The van der Waals surface area contributed by atoms with Crippen LogP contribution in [-0.4, -0.2) is 33.0 Å². The van der Waals surface area contributed by atoms with Gasteiger partial charge in [0.15, 0.2) is 0 Å². The summed E-state index contributed by atoms with van der Waals surface area (Å²) in [5, 5.41) is 3.12. The second kappa shape index (κ2) is 6.27. The van der Waals surface area contributed by atoms with E-state index in [1.807, 2.05) is 23.9 Å². The quantitative estimate of drug-likeness (QED) is 0.891. The zero-order chi connectivity index (χ0) is 13.8. The van der Waals surface area contributed by atoms with Gasteiger partial charge in [-0.2, -0.15) is 11.8 Å². The van der Waals surface area contributed by atoms with Gasteiger partial charge in [-0.25, -0.2) is 4.98 Å². The molecule has 0 saturated carbocycles. The van der Waals surface area contributed by atoms with Crippen LogP contribution in [0.3, 0.4) is 0 Å². The highest BCUT2D eigenvalue weighted by Gasteiger charge is 2.27. The third-order valence-corrected chi connectivity index (χ3v) is 3.96. The fourth-order valence-corrected chi connectivity index (χ4v) is 1.82. The SMILES string of the molecule is CS[C@H](C)C(=O)N[C@@H](Cn1ccnc1)C(C)(C)C. The van der Waals surface area contributed by atoms with Crippen molar-refractivity contribution in [1.29, 1.82) is 0 Å². The minimum atomic E-state index is -0.0161. The molecule has 1 aromatic heterocycles. The number of hydrogen-bond acceptors (Lipinski definition) is 3. The van der Waals surface area contributed by atoms with Crippen LogP contribution in [0, 0.1) is 5.41 Å². The zero-order valence-corrected chi connectivity index (χ0v) is 12.6. The number of aromatic nitrogens is 2. The topological polar surface area (TPSA) is 46.9 Å². The number of amides is 1. The zero-order valence-electron chi connectivity index (χ0n) is 11.8. The maximum atomic E-state index is 12.0. The third kappa shape index (κ3) is 4.37. The van der Waals surface area contributed by atoms with Crippen LogP contribution in [0.5, 0.6) is 0 Å². The normalized spacial score (nSPS) is 15.2. The minimum absolute atomic E-state index is 0.0120. The van der Waals surface area contributed by atoms with Gasteiger partial charge in [-0.3, -0.25) is 4.79 Å². The fraction of sp³-hybridized carbons (Fsp3) is 0.692. The van der Waals surface area contributed by atoms with Crippen molar-refractivity contribution in [2.24, 2.45) is 5.41 Å². The molecule has 1 amide bonds. The summed E-state index contributed by atoms with van der Waals surface area (Å²) in [7, 11) is 0. The van der Waals surface area contributed by atoms with Crippen LogP contribution in [0.1, 0.15) is 27.7 Å². The van der Waals surface area contributed by atoms with E-state index in [4.69, 9.17) is 0 Å². The predicted octanol–water partition coefficient (Wildman–Crippen LogP) is 2.17. The Labute approximate surface area is 114 Å². The average molecular weight is 269 g/mol. The van der Waals surface area contributed by atoms with Crippen molar-refractivity contribution in [3.8, 4) is 0 Å². The molecule has 5 heteroatoms. The predicted molar refractivity (Wildman–Crippen MR) is 76.6 cm³/mol. The van der Waals surface area contributed by atoms with Crippen molar-refractivity contribution in [3.05, 3.63) is 18.7 Å². The van der Waals surface area contributed by atoms with Gasteiger partial charge in [0, 0.05) is 18.9 Å². The van der Waals surface area contributed by atoms with Gasteiger partial charge in [0.1, 0.15) is 0 Å². The first-order valence-corrected chi connectivity index (χ1v) is 7.42. The monoisotopic (exact) mass is 269 g/mol. The first-order chi connectivity index (χ1) is 8.34. The van der Waals surface area contributed by atoms with E-state index in [0.29, 0.717) is 0 Å². The molecule has 0 aliphatic carbocycles. The molecule has 0 radical (unpaired) electrons. The summed E-state index contributed by atoms with van der Waals surface area (Å²) in [6.07, 6.45) is 7.41. The van der Waals surface area contributed by atoms with Gasteiger partial charge >= 0.3 is 0 Å². The summed E-state index contributed by atoms with van der Waals surface area (Å²) in [5.41, 5.74) is 0.0120. The molecule has 0 fully saturated rings. The van der Waals surface area contributed by atoms with Crippen LogP contribution in [0.4, 0.5) is 0 Å². The number of nitrogens with one attached hydrogen (secondary N) is 1. The molecule has 4 nitrogen and oxygen atoms in total. The van der Waals surface area contributed by atoms with Crippen LogP contribution >= 0.6 is 11.8 Å². The van der Waals surface area contributed by atoms with Crippen molar-refractivity contribution < 1.29 is 4.79 Å². The first kappa shape index (κ1) is 15.1. The van der Waals surface area contributed by atoms with Crippen LogP contribution in [0.2, 0.25) is 0 Å². The molecule has 0 spiro atoms. The van der Waals surface area contributed by atoms with Crippen molar-refractivity contribution in [1.82, 2.24) is 14.9 Å². The van der Waals surface area contributed by atoms with Gasteiger partial charge in [0.05, 0.1) is 17.6 Å². The molecule has 102 valence electrons. The Hall–Kier alpha value is -0.970. The molecule has 1 heterocycles. The van der Waals surface area contributed by atoms with Gasteiger partial charge < -0.3 is 9.88 Å². The molecule has 1 rings (SSSR count). The van der Waals surface area contributed by atoms with Crippen LogP contribution < -0.4 is 5.32 Å². The van der Waals surface area contributed by atoms with Crippen molar-refractivity contribution >= 4 is 17.7 Å². The fourth-order valence-electron chi connectivity index (χ4n) is 1.54. The second-order valence-corrected chi connectivity index (χ2v) is 6.74. The van der Waals surface area contributed by atoms with E-state index in [-0.39, 0.29) is 22.6 Å². The minimum Gasteiger partial charge on any atom is -0.350 e. The van der Waals surface area contributed by atoms with E-state index in [2.05, 4.69) is 31.1 Å². The maximum Gasteiger partial charge on any atom is 0.233 e. The highest BCUT2D eigenvalue weighted by molar-refractivity contribution is 7.99. The van der Waals surface area contributed by atoms with E-state index in [0.717, 1.165) is 6.54 Å². The van der Waals surface area contributed by atoms with E-state index < -0.39 is 0 Å². The summed E-state index contributed by atoms with van der Waals surface area (Å²) in [5.74, 6) is 0.0996. The number of carbonyl (C=O) groups is 1. The molecule has 0 bridgehead atoms. The molecule has 0 unspecified atom stereocenters. The first-order valence-electron chi connectivity index (χ1n) is 6.13. The molecule has 0 aliphatic heterocycles.